The maximum atomic E-state index is 14.3. The van der Waals surface area contributed by atoms with Gasteiger partial charge in [-0.1, -0.05) is 78.1 Å². The molecule has 0 bridgehead atoms. The number of rotatable bonds is 9. The number of hydrogen-bond acceptors (Lipinski definition) is 5. The number of nitrogens with zero attached hydrogens (tertiary/aromatic N) is 4. The topological polar surface area (TPSA) is 60.2 Å². The summed E-state index contributed by atoms with van der Waals surface area (Å²) in [6, 6.07) is 27.6. The molecule has 0 fully saturated rings. The monoisotopic (exact) mass is 482 g/mol. The van der Waals surface area contributed by atoms with Gasteiger partial charge in [0.1, 0.15) is 11.3 Å². The number of amides is 1. The van der Waals surface area contributed by atoms with Gasteiger partial charge in [-0.15, -0.1) is 0 Å². The minimum Gasteiger partial charge on any atom is -0.492 e. The zero-order valence-electron chi connectivity index (χ0n) is 19.4. The molecule has 0 aliphatic heterocycles. The van der Waals surface area contributed by atoms with Crippen LogP contribution in [0.5, 0.6) is 5.75 Å². The van der Waals surface area contributed by atoms with Crippen LogP contribution in [0.3, 0.4) is 0 Å². The molecule has 6 nitrogen and oxygen atoms in total. The average molecular weight is 483 g/mol. The minimum atomic E-state index is -0.451. The van der Waals surface area contributed by atoms with E-state index in [2.05, 4.69) is 5.10 Å². The molecule has 0 saturated carbocycles. The van der Waals surface area contributed by atoms with Crippen molar-refractivity contribution < 1.29 is 9.53 Å². The van der Waals surface area contributed by atoms with Crippen molar-refractivity contribution >= 4 is 32.6 Å². The zero-order valence-corrected chi connectivity index (χ0v) is 20.3. The fourth-order valence-electron chi connectivity index (χ4n) is 4.16. The molecule has 7 heteroatoms. The molecule has 5 aromatic rings. The van der Waals surface area contributed by atoms with Gasteiger partial charge >= 0.3 is 0 Å². The molecule has 0 N–H and O–H groups in total. The third-order valence-corrected chi connectivity index (χ3v) is 6.84. The van der Waals surface area contributed by atoms with E-state index < -0.39 is 5.92 Å². The van der Waals surface area contributed by atoms with Crippen LogP contribution in [0.1, 0.15) is 24.0 Å². The van der Waals surface area contributed by atoms with Gasteiger partial charge in [0, 0.05) is 18.9 Å². The SMILES string of the molecule is CCOc1cccc2sc(N(CCn3cccn3)C(=O)C(c3ccccc3)c3ccccc3)nc12. The van der Waals surface area contributed by atoms with E-state index in [0.29, 0.717) is 24.8 Å². The van der Waals surface area contributed by atoms with Gasteiger partial charge in [0.25, 0.3) is 0 Å². The molecule has 5 rings (SSSR count). The summed E-state index contributed by atoms with van der Waals surface area (Å²) in [5.74, 6) is 0.259. The Morgan fingerprint density at radius 1 is 0.971 bits per heavy atom. The van der Waals surface area contributed by atoms with E-state index in [1.807, 2.05) is 103 Å². The van der Waals surface area contributed by atoms with Crippen molar-refractivity contribution in [3.05, 3.63) is 108 Å². The Hall–Kier alpha value is -3.97. The fraction of sp³-hybridized carbons (Fsp3) is 0.179. The van der Waals surface area contributed by atoms with Crippen LogP contribution in [-0.2, 0) is 11.3 Å². The maximum Gasteiger partial charge on any atom is 0.240 e. The molecule has 176 valence electrons. The summed E-state index contributed by atoms with van der Waals surface area (Å²) in [5.41, 5.74) is 2.68. The van der Waals surface area contributed by atoms with Crippen molar-refractivity contribution in [3.8, 4) is 5.75 Å². The number of thiazole rings is 1. The van der Waals surface area contributed by atoms with Crippen molar-refractivity contribution in [2.75, 3.05) is 18.1 Å². The summed E-state index contributed by atoms with van der Waals surface area (Å²) in [5, 5.41) is 4.98. The molecular formula is C28H26N4O2S. The standard InChI is InChI=1S/C28H26N4O2S/c1-2-34-23-15-9-16-24-26(23)30-28(35-24)32(20-19-31-18-10-17-29-31)27(33)25(21-11-5-3-6-12-21)22-13-7-4-8-14-22/h3-18,25H,2,19-20H2,1H3. The number of carbonyl (C=O) groups is 1. The molecule has 0 radical (unpaired) electrons. The van der Waals surface area contributed by atoms with Gasteiger partial charge < -0.3 is 4.74 Å². The van der Waals surface area contributed by atoms with Gasteiger partial charge in [-0.2, -0.15) is 5.10 Å². The molecule has 0 spiro atoms. The van der Waals surface area contributed by atoms with Crippen molar-refractivity contribution in [1.82, 2.24) is 14.8 Å². The number of aromatic nitrogens is 3. The van der Waals surface area contributed by atoms with E-state index >= 15 is 0 Å². The Kier molecular flexibility index (Phi) is 6.86. The van der Waals surface area contributed by atoms with Gasteiger partial charge in [-0.05, 0) is 36.2 Å². The van der Waals surface area contributed by atoms with Crippen LogP contribution in [0.15, 0.2) is 97.3 Å². The second-order valence-electron chi connectivity index (χ2n) is 8.05. The number of ether oxygens (including phenoxy) is 1. The van der Waals surface area contributed by atoms with Gasteiger partial charge in [0.05, 0.1) is 23.8 Å². The van der Waals surface area contributed by atoms with E-state index in [0.717, 1.165) is 27.1 Å². The third-order valence-electron chi connectivity index (χ3n) is 5.79. The predicted molar refractivity (Wildman–Crippen MR) is 140 cm³/mol. The van der Waals surface area contributed by atoms with Gasteiger partial charge in [0.2, 0.25) is 5.91 Å². The molecule has 35 heavy (non-hydrogen) atoms. The Morgan fingerprint density at radius 3 is 2.31 bits per heavy atom. The number of hydrogen-bond donors (Lipinski definition) is 0. The first-order valence-electron chi connectivity index (χ1n) is 11.7. The lowest BCUT2D eigenvalue weighted by atomic mass is 9.90. The zero-order chi connectivity index (χ0) is 24.0. The first-order chi connectivity index (χ1) is 17.2. The highest BCUT2D eigenvalue weighted by Crippen LogP contribution is 2.36. The van der Waals surface area contributed by atoms with E-state index in [1.54, 1.807) is 11.1 Å². The predicted octanol–water partition coefficient (Wildman–Crippen LogP) is 5.76. The van der Waals surface area contributed by atoms with E-state index in [9.17, 15) is 4.79 Å². The molecule has 2 aromatic heterocycles. The number of anilines is 1. The highest BCUT2D eigenvalue weighted by Gasteiger charge is 2.30. The van der Waals surface area contributed by atoms with Crippen LogP contribution in [0.2, 0.25) is 0 Å². The Labute approximate surface area is 208 Å². The lowest BCUT2D eigenvalue weighted by Crippen LogP contribution is -2.38. The van der Waals surface area contributed by atoms with E-state index in [-0.39, 0.29) is 5.91 Å². The summed E-state index contributed by atoms with van der Waals surface area (Å²) < 4.78 is 8.62. The Bertz CT molecular complexity index is 1350. The van der Waals surface area contributed by atoms with Crippen LogP contribution >= 0.6 is 11.3 Å². The van der Waals surface area contributed by atoms with E-state index in [4.69, 9.17) is 9.72 Å². The van der Waals surface area contributed by atoms with Gasteiger partial charge in [-0.25, -0.2) is 4.98 Å². The largest absolute Gasteiger partial charge is 0.492 e. The molecule has 0 unspecified atom stereocenters. The van der Waals surface area contributed by atoms with E-state index in [1.165, 1.54) is 11.3 Å². The first-order valence-corrected chi connectivity index (χ1v) is 12.5. The maximum absolute atomic E-state index is 14.3. The smallest absolute Gasteiger partial charge is 0.240 e. The third kappa shape index (κ3) is 4.95. The summed E-state index contributed by atoms with van der Waals surface area (Å²) in [7, 11) is 0. The van der Waals surface area contributed by atoms with Crippen LogP contribution in [0.25, 0.3) is 10.2 Å². The van der Waals surface area contributed by atoms with Crippen LogP contribution < -0.4 is 9.64 Å². The normalized spacial score (nSPS) is 11.1. The van der Waals surface area contributed by atoms with Gasteiger partial charge in [0.15, 0.2) is 5.13 Å². The second-order valence-corrected chi connectivity index (χ2v) is 9.05. The lowest BCUT2D eigenvalue weighted by molar-refractivity contribution is -0.119. The molecule has 0 aliphatic rings. The molecule has 1 amide bonds. The second kappa shape index (κ2) is 10.5. The van der Waals surface area contributed by atoms with Gasteiger partial charge in [-0.3, -0.25) is 14.4 Å². The number of para-hydroxylation sites is 1. The van der Waals surface area contributed by atoms with Crippen molar-refractivity contribution in [2.45, 2.75) is 19.4 Å². The number of benzene rings is 3. The number of fused-ring (bicyclic) bond motifs is 1. The van der Waals surface area contributed by atoms with Crippen molar-refractivity contribution in [2.24, 2.45) is 0 Å². The molecule has 2 heterocycles. The minimum absolute atomic E-state index is 0.0217. The first kappa shape index (κ1) is 22.8. The van der Waals surface area contributed by atoms with Crippen LogP contribution in [0, 0.1) is 0 Å². The highest BCUT2D eigenvalue weighted by atomic mass is 32.1. The van der Waals surface area contributed by atoms with Crippen LogP contribution in [-0.4, -0.2) is 33.8 Å². The molecular weight excluding hydrogens is 456 g/mol. The highest BCUT2D eigenvalue weighted by molar-refractivity contribution is 7.22. The quantitative estimate of drug-likeness (QED) is 0.268. The Balaban J connectivity index is 1.58. The van der Waals surface area contributed by atoms with Crippen molar-refractivity contribution in [1.29, 1.82) is 0 Å². The number of carbonyl (C=O) groups excluding carboxylic acids is 1. The summed E-state index contributed by atoms with van der Waals surface area (Å²) in [6.07, 6.45) is 3.65. The Morgan fingerprint density at radius 2 is 1.69 bits per heavy atom. The fourth-order valence-corrected chi connectivity index (χ4v) is 5.17. The molecule has 0 aliphatic carbocycles. The summed E-state index contributed by atoms with van der Waals surface area (Å²) >= 11 is 1.50. The molecule has 0 atom stereocenters. The van der Waals surface area contributed by atoms with Crippen LogP contribution in [0.4, 0.5) is 5.13 Å². The molecule has 0 saturated heterocycles. The summed E-state index contributed by atoms with van der Waals surface area (Å²) in [6.45, 7) is 3.51. The average Bonchev–Trinajstić information content (AvgIpc) is 3.57. The lowest BCUT2D eigenvalue weighted by Gasteiger charge is -2.26. The molecule has 3 aromatic carbocycles. The summed E-state index contributed by atoms with van der Waals surface area (Å²) in [4.78, 5) is 21.0. The van der Waals surface area contributed by atoms with Crippen molar-refractivity contribution in [3.63, 3.8) is 0 Å².